The SMILES string of the molecule is CCCCN(CCCC)Cc1ccc(C(=O)NC2=C3C[C@@H](C)C[C@H](OC)[C@H](O)[C@@H](C)/C=C(\C)[C@@H](OC(N)=O)[C@@H](OC)/C=C\C=C(/C)C(=O)NC(=CC2=O)C3=O)cc1. The van der Waals surface area contributed by atoms with E-state index in [2.05, 4.69) is 29.4 Å². The van der Waals surface area contributed by atoms with Crippen molar-refractivity contribution in [2.75, 3.05) is 27.3 Å². The van der Waals surface area contributed by atoms with Crippen LogP contribution in [0.2, 0.25) is 0 Å². The Morgan fingerprint density at radius 1 is 1.00 bits per heavy atom. The molecule has 0 spiro atoms. The van der Waals surface area contributed by atoms with E-state index in [1.165, 1.54) is 33.3 Å². The van der Waals surface area contributed by atoms with E-state index in [9.17, 15) is 29.1 Å². The first-order chi connectivity index (χ1) is 27.1. The van der Waals surface area contributed by atoms with Gasteiger partial charge in [-0.15, -0.1) is 0 Å². The molecule has 3 rings (SSSR count). The molecule has 0 radical (unpaired) electrons. The van der Waals surface area contributed by atoms with Crippen LogP contribution < -0.4 is 16.4 Å². The van der Waals surface area contributed by atoms with Crippen LogP contribution in [-0.2, 0) is 35.1 Å². The van der Waals surface area contributed by atoms with Crippen molar-refractivity contribution in [2.24, 2.45) is 17.6 Å². The molecule has 0 aromatic heterocycles. The number of primary amides is 1. The molecule has 0 unspecified atom stereocenters. The molecular formula is C44H62N4O9. The van der Waals surface area contributed by atoms with Gasteiger partial charge in [0.2, 0.25) is 11.6 Å². The van der Waals surface area contributed by atoms with Gasteiger partial charge in [-0.25, -0.2) is 4.79 Å². The number of unbranched alkanes of at least 4 members (excludes halogenated alkanes) is 2. The fourth-order valence-corrected chi connectivity index (χ4v) is 6.96. The van der Waals surface area contributed by atoms with Crippen LogP contribution >= 0.6 is 0 Å². The molecule has 1 aromatic rings. The second-order valence-electron chi connectivity index (χ2n) is 15.1. The summed E-state index contributed by atoms with van der Waals surface area (Å²) in [5, 5.41) is 16.7. The van der Waals surface area contributed by atoms with E-state index in [0.717, 1.165) is 57.0 Å². The number of Topliss-reactive ketones (excluding diaryl/α,β-unsaturated/α-hetero) is 1. The van der Waals surface area contributed by atoms with Gasteiger partial charge in [0.1, 0.15) is 6.10 Å². The Morgan fingerprint density at radius 2 is 1.65 bits per heavy atom. The van der Waals surface area contributed by atoms with Crippen molar-refractivity contribution >= 4 is 29.5 Å². The van der Waals surface area contributed by atoms with Gasteiger partial charge in [0.25, 0.3) is 11.8 Å². The molecule has 13 heteroatoms. The summed E-state index contributed by atoms with van der Waals surface area (Å²) in [6, 6.07) is 7.22. The smallest absolute Gasteiger partial charge is 0.405 e. The summed E-state index contributed by atoms with van der Waals surface area (Å²) >= 11 is 0. The molecular weight excluding hydrogens is 729 g/mol. The van der Waals surface area contributed by atoms with Crippen molar-refractivity contribution in [2.45, 2.75) is 111 Å². The first-order valence-electron chi connectivity index (χ1n) is 19.8. The van der Waals surface area contributed by atoms with Crippen molar-refractivity contribution in [3.63, 3.8) is 0 Å². The van der Waals surface area contributed by atoms with E-state index in [-0.39, 0.29) is 41.3 Å². The second kappa shape index (κ2) is 22.9. The number of hydrogen-bond donors (Lipinski definition) is 4. The zero-order valence-electron chi connectivity index (χ0n) is 34.8. The van der Waals surface area contributed by atoms with Crippen molar-refractivity contribution in [3.8, 4) is 0 Å². The highest BCUT2D eigenvalue weighted by molar-refractivity contribution is 6.24. The molecule has 2 bridgehead atoms. The minimum absolute atomic E-state index is 0.0229. The number of allylic oxidation sites excluding steroid dienone is 4. The van der Waals surface area contributed by atoms with Crippen molar-refractivity contribution < 1.29 is 43.3 Å². The summed E-state index contributed by atoms with van der Waals surface area (Å²) in [4.78, 5) is 69.1. The number of amides is 3. The summed E-state index contributed by atoms with van der Waals surface area (Å²) in [6.07, 6.45) is 7.51. The summed E-state index contributed by atoms with van der Waals surface area (Å²) in [6.45, 7) is 14.0. The monoisotopic (exact) mass is 790 g/mol. The number of methoxy groups -OCH3 is 2. The number of aliphatic hydroxyl groups is 1. The van der Waals surface area contributed by atoms with Gasteiger partial charge < -0.3 is 35.7 Å². The molecule has 312 valence electrons. The van der Waals surface area contributed by atoms with E-state index < -0.39 is 59.8 Å². The zero-order valence-corrected chi connectivity index (χ0v) is 34.8. The number of hydrogen-bond acceptors (Lipinski definition) is 10. The average Bonchev–Trinajstić information content (AvgIpc) is 3.18. The molecule has 3 amide bonds. The molecule has 1 aliphatic heterocycles. The predicted octanol–water partition coefficient (Wildman–Crippen LogP) is 5.59. The molecule has 57 heavy (non-hydrogen) atoms. The lowest BCUT2D eigenvalue weighted by molar-refractivity contribution is -0.120. The highest BCUT2D eigenvalue weighted by Crippen LogP contribution is 2.29. The Hall–Kier alpha value is -4.69. The van der Waals surface area contributed by atoms with Crippen LogP contribution in [0, 0.1) is 11.8 Å². The van der Waals surface area contributed by atoms with Crippen LogP contribution in [0.15, 0.2) is 82.8 Å². The third-order valence-corrected chi connectivity index (χ3v) is 10.3. The third-order valence-electron chi connectivity index (χ3n) is 10.3. The largest absolute Gasteiger partial charge is 0.439 e. The predicted molar refractivity (Wildman–Crippen MR) is 219 cm³/mol. The average molecular weight is 791 g/mol. The number of ketones is 2. The van der Waals surface area contributed by atoms with Gasteiger partial charge in [-0.1, -0.05) is 77.0 Å². The first kappa shape index (κ1) is 46.7. The number of carbonyl (C=O) groups excluding carboxylic acids is 5. The van der Waals surface area contributed by atoms with Gasteiger partial charge >= 0.3 is 6.09 Å². The Morgan fingerprint density at radius 3 is 2.23 bits per heavy atom. The molecule has 1 heterocycles. The van der Waals surface area contributed by atoms with Gasteiger partial charge in [-0.2, -0.15) is 0 Å². The summed E-state index contributed by atoms with van der Waals surface area (Å²) in [5.74, 6) is -3.31. The number of rotatable bonds is 13. The maximum absolute atomic E-state index is 14.1. The fourth-order valence-electron chi connectivity index (χ4n) is 6.96. The van der Waals surface area contributed by atoms with Gasteiger partial charge in [-0.05, 0) is 81.8 Å². The van der Waals surface area contributed by atoms with Crippen LogP contribution in [-0.4, -0.2) is 91.2 Å². The van der Waals surface area contributed by atoms with Crippen molar-refractivity contribution in [3.05, 3.63) is 93.9 Å². The Kier molecular flexibility index (Phi) is 18.8. The van der Waals surface area contributed by atoms with E-state index in [4.69, 9.17) is 19.9 Å². The highest BCUT2D eigenvalue weighted by Gasteiger charge is 2.34. The Balaban J connectivity index is 2.00. The van der Waals surface area contributed by atoms with Gasteiger partial charge in [0, 0.05) is 49.5 Å². The maximum Gasteiger partial charge on any atom is 0.405 e. The van der Waals surface area contributed by atoms with Crippen LogP contribution in [0.3, 0.4) is 0 Å². The van der Waals surface area contributed by atoms with Crippen molar-refractivity contribution in [1.82, 2.24) is 15.5 Å². The number of nitrogens with two attached hydrogens (primary N) is 1. The molecule has 1 aliphatic carbocycles. The molecule has 0 fully saturated rings. The number of ether oxygens (including phenoxy) is 3. The molecule has 13 nitrogen and oxygen atoms in total. The number of nitrogens with zero attached hydrogens (tertiary/aromatic N) is 1. The number of carbonyl (C=O) groups is 5. The zero-order chi connectivity index (χ0) is 42.2. The van der Waals surface area contributed by atoms with Crippen LogP contribution in [0.1, 0.15) is 96.0 Å². The molecule has 6 atom stereocenters. The van der Waals surface area contributed by atoms with E-state index in [1.54, 1.807) is 38.1 Å². The lowest BCUT2D eigenvalue weighted by Crippen LogP contribution is -2.38. The molecule has 0 saturated heterocycles. The topological polar surface area (TPSA) is 187 Å². The minimum atomic E-state index is -1.04. The fraction of sp³-hybridized carbons (Fsp3) is 0.523. The number of fused-ring (bicyclic) bond motifs is 2. The van der Waals surface area contributed by atoms with E-state index >= 15 is 0 Å². The normalized spacial score (nSPS) is 26.5. The summed E-state index contributed by atoms with van der Waals surface area (Å²) in [7, 11) is 2.89. The second-order valence-corrected chi connectivity index (χ2v) is 15.1. The highest BCUT2D eigenvalue weighted by atomic mass is 16.6. The maximum atomic E-state index is 14.1. The standard InChI is InChI=1S/C44H62N4O9/c1-9-11-20-48(21-12-10-2)26-31-16-18-32(19-17-31)43(53)47-38-33-22-27(3)23-37(56-8)39(50)29(5)24-30(6)41(57-44(45)54)36(55-7)15-13-14-28(4)42(52)46-34(40(33)51)25-35(38)49/h13-19,24-25,27,29,36-37,39,41,50H,9-12,20-23,26H2,1-8H3,(H2,45,54)(H,46,52)(H,47,53)/b15-13-,28-14+,30-24+/t27-,29+,36+,37+,39-,41-/m1/s1. The Labute approximate surface area is 337 Å². The quantitative estimate of drug-likeness (QED) is 0.145. The third kappa shape index (κ3) is 13.7. The summed E-state index contributed by atoms with van der Waals surface area (Å²) in [5.41, 5.74) is 7.16. The van der Waals surface area contributed by atoms with Gasteiger partial charge in [-0.3, -0.25) is 24.1 Å². The van der Waals surface area contributed by atoms with Crippen LogP contribution in [0.25, 0.3) is 0 Å². The molecule has 2 aliphatic rings. The van der Waals surface area contributed by atoms with E-state index in [0.29, 0.717) is 11.1 Å². The lowest BCUT2D eigenvalue weighted by atomic mass is 9.85. The van der Waals surface area contributed by atoms with Gasteiger partial charge in [0.05, 0.1) is 23.6 Å². The van der Waals surface area contributed by atoms with Crippen LogP contribution in [0.4, 0.5) is 4.79 Å². The minimum Gasteiger partial charge on any atom is -0.439 e. The number of aliphatic hydroxyl groups excluding tert-OH is 1. The Bertz CT molecular complexity index is 1740. The molecule has 1 aromatic carbocycles. The van der Waals surface area contributed by atoms with Crippen molar-refractivity contribution in [1.29, 1.82) is 0 Å². The van der Waals surface area contributed by atoms with Crippen LogP contribution in [0.5, 0.6) is 0 Å². The number of benzene rings is 1. The van der Waals surface area contributed by atoms with Gasteiger partial charge in [0.15, 0.2) is 6.10 Å². The summed E-state index contributed by atoms with van der Waals surface area (Å²) < 4.78 is 16.7. The number of nitrogens with one attached hydrogen (secondary N) is 2. The first-order valence-corrected chi connectivity index (χ1v) is 19.8. The molecule has 5 N–H and O–H groups in total. The van der Waals surface area contributed by atoms with E-state index in [1.807, 2.05) is 19.1 Å². The lowest BCUT2D eigenvalue weighted by Gasteiger charge is -2.30. The molecule has 0 saturated carbocycles.